The van der Waals surface area contributed by atoms with Crippen molar-refractivity contribution in [1.29, 1.82) is 0 Å². The minimum Gasteiger partial charge on any atom is -0.409 e. The number of amidine groups is 1. The molecule has 1 aromatic heterocycles. The molecule has 16 heavy (non-hydrogen) atoms. The quantitative estimate of drug-likeness (QED) is 0.207. The summed E-state index contributed by atoms with van der Waals surface area (Å²) >= 11 is 1.65. The molecule has 0 saturated carbocycles. The molecule has 1 aromatic rings. The normalized spacial score (nSPS) is 11.8. The van der Waals surface area contributed by atoms with Gasteiger partial charge in [0.2, 0.25) is 0 Å². The number of hydrogen-bond donors (Lipinski definition) is 2. The van der Waals surface area contributed by atoms with E-state index >= 15 is 0 Å². The van der Waals surface area contributed by atoms with Crippen molar-refractivity contribution in [2.24, 2.45) is 10.9 Å². The maximum atomic E-state index is 8.73. The minimum absolute atomic E-state index is 0.129. The van der Waals surface area contributed by atoms with Gasteiger partial charge in [-0.2, -0.15) is 0 Å². The molecule has 0 aliphatic heterocycles. The summed E-state index contributed by atoms with van der Waals surface area (Å²) in [6, 6.07) is 1.86. The Kier molecular flexibility index (Phi) is 5.11. The average molecular weight is 239 g/mol. The Morgan fingerprint density at radius 1 is 1.62 bits per heavy atom. The highest BCUT2D eigenvalue weighted by Crippen LogP contribution is 2.23. The topological polar surface area (TPSA) is 71.5 Å². The molecule has 0 fully saturated rings. The Hall–Kier alpha value is -1.23. The van der Waals surface area contributed by atoms with Gasteiger partial charge in [-0.05, 0) is 30.7 Å². The lowest BCUT2D eigenvalue weighted by Gasteiger charge is -2.09. The smallest absolute Gasteiger partial charge is 0.173 e. The zero-order chi connectivity index (χ0) is 12.0. The highest BCUT2D eigenvalue weighted by Gasteiger charge is 2.11. The van der Waals surface area contributed by atoms with E-state index in [4.69, 9.17) is 10.9 Å². The molecule has 1 rings (SSSR count). The predicted molar refractivity (Wildman–Crippen MR) is 67.1 cm³/mol. The molecule has 0 saturated heterocycles. The highest BCUT2D eigenvalue weighted by molar-refractivity contribution is 7.99. The number of nitrogens with two attached hydrogens (primary N) is 1. The molecular formula is C11H17N3OS. The first-order valence-corrected chi connectivity index (χ1v) is 6.25. The molecule has 0 aromatic carbocycles. The van der Waals surface area contributed by atoms with Crippen LogP contribution in [0.4, 0.5) is 0 Å². The number of hydrogen-bond acceptors (Lipinski definition) is 4. The van der Waals surface area contributed by atoms with Crippen LogP contribution in [-0.2, 0) is 0 Å². The third-order valence-electron chi connectivity index (χ3n) is 2.23. The summed E-state index contributed by atoms with van der Waals surface area (Å²) in [6.45, 7) is 4.08. The average Bonchev–Trinajstić information content (AvgIpc) is 2.29. The second-order valence-electron chi connectivity index (χ2n) is 3.50. The summed E-state index contributed by atoms with van der Waals surface area (Å²) in [5.41, 5.74) is 7.36. The Balaban J connectivity index is 2.94. The van der Waals surface area contributed by atoms with E-state index in [1.165, 1.54) is 0 Å². The zero-order valence-corrected chi connectivity index (χ0v) is 10.4. The lowest BCUT2D eigenvalue weighted by atomic mass is 10.1. The minimum atomic E-state index is 0.129. The van der Waals surface area contributed by atoms with E-state index in [1.807, 2.05) is 13.0 Å². The molecule has 4 nitrogen and oxygen atoms in total. The first-order chi connectivity index (χ1) is 7.70. The van der Waals surface area contributed by atoms with Gasteiger partial charge in [-0.25, -0.2) is 4.98 Å². The second kappa shape index (κ2) is 6.37. The molecule has 0 amide bonds. The van der Waals surface area contributed by atoms with Crippen LogP contribution in [0.2, 0.25) is 0 Å². The fourth-order valence-electron chi connectivity index (χ4n) is 1.32. The fraction of sp³-hybridized carbons (Fsp3) is 0.455. The van der Waals surface area contributed by atoms with Gasteiger partial charge in [0, 0.05) is 6.20 Å². The lowest BCUT2D eigenvalue weighted by molar-refractivity contribution is 0.318. The fourth-order valence-corrected chi connectivity index (χ4v) is 2.49. The van der Waals surface area contributed by atoms with E-state index in [0.717, 1.165) is 34.7 Å². The molecule has 0 radical (unpaired) electrons. The maximum absolute atomic E-state index is 8.73. The molecule has 0 bridgehead atoms. The Bertz CT molecular complexity index is 379. The van der Waals surface area contributed by atoms with Gasteiger partial charge in [0.25, 0.3) is 0 Å². The summed E-state index contributed by atoms with van der Waals surface area (Å²) in [6.07, 6.45) is 4.03. The van der Waals surface area contributed by atoms with Gasteiger partial charge in [-0.3, -0.25) is 0 Å². The van der Waals surface area contributed by atoms with Crippen molar-refractivity contribution >= 4 is 17.6 Å². The first kappa shape index (κ1) is 12.8. The van der Waals surface area contributed by atoms with Gasteiger partial charge in [-0.15, -0.1) is 11.8 Å². The van der Waals surface area contributed by atoms with Crippen LogP contribution in [0.5, 0.6) is 0 Å². The van der Waals surface area contributed by atoms with E-state index in [-0.39, 0.29) is 5.84 Å². The van der Waals surface area contributed by atoms with E-state index in [2.05, 4.69) is 17.1 Å². The Labute approximate surface area is 99.9 Å². The standard InChI is InChI=1S/C11H17N3OS/c1-3-4-7-16-11-9(10(12)14-15)8(2)5-6-13-11/h5-6,15H,3-4,7H2,1-2H3,(H2,12,14). The number of aryl methyl sites for hydroxylation is 1. The number of unbranched alkanes of at least 4 members (excludes halogenated alkanes) is 1. The van der Waals surface area contributed by atoms with Gasteiger partial charge in [0.05, 0.1) is 5.56 Å². The van der Waals surface area contributed by atoms with Gasteiger partial charge in [-0.1, -0.05) is 18.5 Å². The molecule has 1 heterocycles. The van der Waals surface area contributed by atoms with Crippen molar-refractivity contribution in [2.75, 3.05) is 5.75 Å². The monoisotopic (exact) mass is 239 g/mol. The SMILES string of the molecule is CCCCSc1nccc(C)c1/C(N)=N/O. The molecule has 3 N–H and O–H groups in total. The van der Waals surface area contributed by atoms with Crippen molar-refractivity contribution < 1.29 is 5.21 Å². The Morgan fingerprint density at radius 2 is 2.38 bits per heavy atom. The van der Waals surface area contributed by atoms with Crippen LogP contribution in [0.3, 0.4) is 0 Å². The number of nitrogens with zero attached hydrogens (tertiary/aromatic N) is 2. The van der Waals surface area contributed by atoms with Crippen LogP contribution in [-0.4, -0.2) is 21.8 Å². The van der Waals surface area contributed by atoms with Gasteiger partial charge < -0.3 is 10.9 Å². The van der Waals surface area contributed by atoms with Crippen LogP contribution in [0.1, 0.15) is 30.9 Å². The first-order valence-electron chi connectivity index (χ1n) is 5.27. The van der Waals surface area contributed by atoms with Gasteiger partial charge in [0.1, 0.15) is 5.03 Å². The molecular weight excluding hydrogens is 222 g/mol. The molecule has 0 unspecified atom stereocenters. The van der Waals surface area contributed by atoms with Crippen LogP contribution in [0.15, 0.2) is 22.4 Å². The number of aromatic nitrogens is 1. The largest absolute Gasteiger partial charge is 0.409 e. The summed E-state index contributed by atoms with van der Waals surface area (Å²) in [5, 5.41) is 12.6. The van der Waals surface area contributed by atoms with Gasteiger partial charge in [0.15, 0.2) is 5.84 Å². The van der Waals surface area contributed by atoms with E-state index in [1.54, 1.807) is 18.0 Å². The molecule has 0 aliphatic carbocycles. The number of oxime groups is 1. The third kappa shape index (κ3) is 3.13. The molecule has 88 valence electrons. The van der Waals surface area contributed by atoms with Crippen LogP contribution < -0.4 is 5.73 Å². The maximum Gasteiger partial charge on any atom is 0.173 e. The van der Waals surface area contributed by atoms with Crippen molar-refractivity contribution in [3.8, 4) is 0 Å². The molecule has 0 aliphatic rings. The number of pyridine rings is 1. The van der Waals surface area contributed by atoms with Crippen molar-refractivity contribution in [2.45, 2.75) is 31.7 Å². The second-order valence-corrected chi connectivity index (χ2v) is 4.58. The summed E-state index contributed by atoms with van der Waals surface area (Å²) in [4.78, 5) is 4.27. The molecule has 0 spiro atoms. The van der Waals surface area contributed by atoms with Crippen molar-refractivity contribution in [3.05, 3.63) is 23.4 Å². The van der Waals surface area contributed by atoms with Crippen LogP contribution in [0, 0.1) is 6.92 Å². The summed E-state index contributed by atoms with van der Waals surface area (Å²) < 4.78 is 0. The van der Waals surface area contributed by atoms with Crippen LogP contribution >= 0.6 is 11.8 Å². The van der Waals surface area contributed by atoms with E-state index < -0.39 is 0 Å². The van der Waals surface area contributed by atoms with E-state index in [9.17, 15) is 0 Å². The predicted octanol–water partition coefficient (Wildman–Crippen LogP) is 2.38. The van der Waals surface area contributed by atoms with E-state index in [0.29, 0.717) is 0 Å². The zero-order valence-electron chi connectivity index (χ0n) is 9.60. The Morgan fingerprint density at radius 3 is 3.00 bits per heavy atom. The third-order valence-corrected chi connectivity index (χ3v) is 3.30. The van der Waals surface area contributed by atoms with Crippen molar-refractivity contribution in [3.63, 3.8) is 0 Å². The molecule has 5 heteroatoms. The molecule has 0 atom stereocenters. The van der Waals surface area contributed by atoms with Crippen molar-refractivity contribution in [1.82, 2.24) is 4.98 Å². The van der Waals surface area contributed by atoms with Gasteiger partial charge >= 0.3 is 0 Å². The number of rotatable bonds is 5. The summed E-state index contributed by atoms with van der Waals surface area (Å²) in [5.74, 6) is 1.13. The highest BCUT2D eigenvalue weighted by atomic mass is 32.2. The lowest BCUT2D eigenvalue weighted by Crippen LogP contribution is -2.16. The number of thioether (sulfide) groups is 1. The van der Waals surface area contributed by atoms with Crippen LogP contribution in [0.25, 0.3) is 0 Å². The summed E-state index contributed by atoms with van der Waals surface area (Å²) in [7, 11) is 0.